The van der Waals surface area contributed by atoms with Crippen molar-refractivity contribution in [3.63, 3.8) is 0 Å². The Hall–Kier alpha value is -1.30. The van der Waals surface area contributed by atoms with Gasteiger partial charge in [-0.1, -0.05) is 0 Å². The number of aliphatic hydroxyl groups excluding tert-OH is 1. The maximum atomic E-state index is 9.72. The van der Waals surface area contributed by atoms with Gasteiger partial charge in [0.1, 0.15) is 18.5 Å². The smallest absolute Gasteiger partial charge is 0.119 e. The molecule has 0 aliphatic heterocycles. The number of nitrogens with two attached hydrogens (primary N) is 1. The molecule has 0 saturated carbocycles. The quantitative estimate of drug-likeness (QED) is 0.664. The Morgan fingerprint density at radius 1 is 1.16 bits per heavy atom. The van der Waals surface area contributed by atoms with Crippen LogP contribution in [0, 0.1) is 0 Å². The van der Waals surface area contributed by atoms with E-state index in [0.29, 0.717) is 24.7 Å². The highest BCUT2D eigenvalue weighted by molar-refractivity contribution is 5.41. The van der Waals surface area contributed by atoms with E-state index in [0.717, 1.165) is 0 Å². The largest absolute Gasteiger partial charge is 0.491 e. The summed E-state index contributed by atoms with van der Waals surface area (Å²) in [5, 5.41) is 9.72. The van der Waals surface area contributed by atoms with E-state index in [-0.39, 0.29) is 19.3 Å². The second kappa shape index (κ2) is 8.74. The summed E-state index contributed by atoms with van der Waals surface area (Å²) < 4.78 is 16.1. The Labute approximate surface area is 114 Å². The van der Waals surface area contributed by atoms with E-state index >= 15 is 0 Å². The average molecular weight is 269 g/mol. The van der Waals surface area contributed by atoms with Crippen molar-refractivity contribution in [3.05, 3.63) is 24.3 Å². The van der Waals surface area contributed by atoms with E-state index in [1.165, 1.54) is 0 Å². The number of hydrogen-bond acceptors (Lipinski definition) is 5. The molecule has 0 amide bonds. The number of benzene rings is 1. The predicted octanol–water partition coefficient (Wildman–Crippen LogP) is 1.45. The number of rotatable bonds is 9. The van der Waals surface area contributed by atoms with E-state index in [2.05, 4.69) is 0 Å². The minimum atomic E-state index is -0.665. The van der Waals surface area contributed by atoms with E-state index in [1.54, 1.807) is 24.3 Å². The third kappa shape index (κ3) is 7.00. The fourth-order valence-electron chi connectivity index (χ4n) is 1.41. The molecule has 0 saturated heterocycles. The fraction of sp³-hybridized carbons (Fsp3) is 0.571. The molecule has 1 aromatic carbocycles. The standard InChI is InChI=1S/C14H23NO4/c1-3-17-8-11(2)18-9-13(16)10-19-14-6-4-12(15)5-7-14/h4-7,11,13,16H,3,8-10,15H2,1-2H3. The molecular formula is C14H23NO4. The van der Waals surface area contributed by atoms with Gasteiger partial charge >= 0.3 is 0 Å². The monoisotopic (exact) mass is 269 g/mol. The first-order chi connectivity index (χ1) is 9.11. The van der Waals surface area contributed by atoms with Gasteiger partial charge in [0, 0.05) is 12.3 Å². The molecule has 0 bridgehead atoms. The summed E-state index contributed by atoms with van der Waals surface area (Å²) in [5.74, 6) is 0.676. The molecule has 5 nitrogen and oxygen atoms in total. The summed E-state index contributed by atoms with van der Waals surface area (Å²) in [4.78, 5) is 0. The van der Waals surface area contributed by atoms with Crippen LogP contribution in [0.15, 0.2) is 24.3 Å². The van der Waals surface area contributed by atoms with Crippen molar-refractivity contribution in [1.82, 2.24) is 0 Å². The van der Waals surface area contributed by atoms with Gasteiger partial charge in [0.05, 0.1) is 19.3 Å². The zero-order valence-corrected chi connectivity index (χ0v) is 11.5. The topological polar surface area (TPSA) is 73.9 Å². The van der Waals surface area contributed by atoms with Gasteiger partial charge in [0.25, 0.3) is 0 Å². The van der Waals surface area contributed by atoms with Gasteiger partial charge in [0.15, 0.2) is 0 Å². The molecule has 0 aromatic heterocycles. The van der Waals surface area contributed by atoms with E-state index in [1.807, 2.05) is 13.8 Å². The molecule has 0 heterocycles. The summed E-state index contributed by atoms with van der Waals surface area (Å²) in [5.41, 5.74) is 6.25. The molecule has 0 aliphatic rings. The van der Waals surface area contributed by atoms with Gasteiger partial charge < -0.3 is 25.1 Å². The lowest BCUT2D eigenvalue weighted by Crippen LogP contribution is -2.27. The van der Waals surface area contributed by atoms with Crippen LogP contribution in [0.2, 0.25) is 0 Å². The molecule has 5 heteroatoms. The zero-order valence-electron chi connectivity index (χ0n) is 11.5. The maximum Gasteiger partial charge on any atom is 0.119 e. The Kier molecular flexibility index (Phi) is 7.25. The molecule has 108 valence electrons. The first kappa shape index (κ1) is 15.8. The minimum absolute atomic E-state index is 0.0360. The van der Waals surface area contributed by atoms with Crippen LogP contribution < -0.4 is 10.5 Å². The summed E-state index contributed by atoms with van der Waals surface area (Å²) >= 11 is 0. The molecule has 0 spiro atoms. The Balaban J connectivity index is 2.17. The van der Waals surface area contributed by atoms with Crippen molar-refractivity contribution < 1.29 is 19.3 Å². The predicted molar refractivity (Wildman–Crippen MR) is 74.3 cm³/mol. The van der Waals surface area contributed by atoms with Gasteiger partial charge in [-0.05, 0) is 38.1 Å². The highest BCUT2D eigenvalue weighted by atomic mass is 16.5. The summed E-state index contributed by atoms with van der Waals surface area (Å²) in [6.07, 6.45) is -0.701. The van der Waals surface area contributed by atoms with Crippen molar-refractivity contribution in [2.45, 2.75) is 26.1 Å². The van der Waals surface area contributed by atoms with E-state index < -0.39 is 6.10 Å². The molecule has 3 N–H and O–H groups in total. The van der Waals surface area contributed by atoms with Crippen molar-refractivity contribution in [2.75, 3.05) is 32.2 Å². The second-order valence-corrected chi connectivity index (χ2v) is 4.34. The second-order valence-electron chi connectivity index (χ2n) is 4.34. The van der Waals surface area contributed by atoms with Gasteiger partial charge in [-0.25, -0.2) is 0 Å². The van der Waals surface area contributed by atoms with E-state index in [4.69, 9.17) is 19.9 Å². The molecule has 1 aromatic rings. The third-order valence-corrected chi connectivity index (χ3v) is 2.45. The third-order valence-electron chi connectivity index (χ3n) is 2.45. The van der Waals surface area contributed by atoms with Crippen molar-refractivity contribution in [2.24, 2.45) is 0 Å². The SMILES string of the molecule is CCOCC(C)OCC(O)COc1ccc(N)cc1. The molecule has 1 rings (SSSR count). The van der Waals surface area contributed by atoms with Crippen LogP contribution in [0.5, 0.6) is 5.75 Å². The van der Waals surface area contributed by atoms with E-state index in [9.17, 15) is 5.11 Å². The first-order valence-electron chi connectivity index (χ1n) is 6.47. The van der Waals surface area contributed by atoms with Crippen LogP contribution in [-0.2, 0) is 9.47 Å². The van der Waals surface area contributed by atoms with Crippen molar-refractivity contribution in [3.8, 4) is 5.75 Å². The van der Waals surface area contributed by atoms with Gasteiger partial charge in [-0.15, -0.1) is 0 Å². The number of anilines is 1. The van der Waals surface area contributed by atoms with Crippen LogP contribution in [0.3, 0.4) is 0 Å². The maximum absolute atomic E-state index is 9.72. The van der Waals surface area contributed by atoms with Gasteiger partial charge in [-0.2, -0.15) is 0 Å². The molecule has 0 aliphatic carbocycles. The highest BCUT2D eigenvalue weighted by Crippen LogP contribution is 2.13. The lowest BCUT2D eigenvalue weighted by atomic mass is 10.3. The minimum Gasteiger partial charge on any atom is -0.491 e. The number of nitrogen functional groups attached to an aromatic ring is 1. The van der Waals surface area contributed by atoms with Crippen molar-refractivity contribution >= 4 is 5.69 Å². The lowest BCUT2D eigenvalue weighted by molar-refractivity contribution is -0.0480. The number of ether oxygens (including phenoxy) is 3. The average Bonchev–Trinajstić information content (AvgIpc) is 2.42. The van der Waals surface area contributed by atoms with Crippen molar-refractivity contribution in [1.29, 1.82) is 0 Å². The van der Waals surface area contributed by atoms with Gasteiger partial charge in [0.2, 0.25) is 0 Å². The summed E-state index contributed by atoms with van der Waals surface area (Å²) in [6, 6.07) is 7.03. The zero-order chi connectivity index (χ0) is 14.1. The van der Waals surface area contributed by atoms with Crippen LogP contribution in [-0.4, -0.2) is 43.7 Å². The number of hydrogen-bond donors (Lipinski definition) is 2. The molecule has 0 fully saturated rings. The Morgan fingerprint density at radius 2 is 1.84 bits per heavy atom. The number of aliphatic hydroxyl groups is 1. The Bertz CT molecular complexity index is 342. The van der Waals surface area contributed by atoms with Crippen LogP contribution >= 0.6 is 0 Å². The fourth-order valence-corrected chi connectivity index (χ4v) is 1.41. The van der Waals surface area contributed by atoms with Crippen LogP contribution in [0.4, 0.5) is 5.69 Å². The van der Waals surface area contributed by atoms with Crippen LogP contribution in [0.25, 0.3) is 0 Å². The molecular weight excluding hydrogens is 246 g/mol. The molecule has 2 unspecified atom stereocenters. The molecule has 2 atom stereocenters. The molecule has 19 heavy (non-hydrogen) atoms. The Morgan fingerprint density at radius 3 is 2.47 bits per heavy atom. The first-order valence-corrected chi connectivity index (χ1v) is 6.47. The lowest BCUT2D eigenvalue weighted by Gasteiger charge is -2.16. The highest BCUT2D eigenvalue weighted by Gasteiger charge is 2.09. The van der Waals surface area contributed by atoms with Crippen LogP contribution in [0.1, 0.15) is 13.8 Å². The van der Waals surface area contributed by atoms with Gasteiger partial charge in [-0.3, -0.25) is 0 Å². The normalized spacial score (nSPS) is 14.1. The summed E-state index contributed by atoms with van der Waals surface area (Å²) in [7, 11) is 0. The molecule has 0 radical (unpaired) electrons. The summed E-state index contributed by atoms with van der Waals surface area (Å²) in [6.45, 7) is 5.44.